The van der Waals surface area contributed by atoms with Gasteiger partial charge in [0.15, 0.2) is 0 Å². The van der Waals surface area contributed by atoms with Gasteiger partial charge in [-0.1, -0.05) is 42.4 Å². The number of rotatable bonds is 8. The highest BCUT2D eigenvalue weighted by Gasteiger charge is 2.44. The molecular weight excluding hydrogens is 310 g/mol. The summed E-state index contributed by atoms with van der Waals surface area (Å²) >= 11 is 0. The predicted octanol–water partition coefficient (Wildman–Crippen LogP) is 3.06. The average Bonchev–Trinajstić information content (AvgIpc) is 2.60. The molecule has 1 N–H and O–H groups in total. The number of carbonyl (C=O) groups is 1. The molecule has 0 saturated carbocycles. The first-order valence-corrected chi connectivity index (χ1v) is 8.27. The lowest BCUT2D eigenvalue weighted by Gasteiger charge is -2.34. The molecule has 1 aliphatic rings. The molecule has 1 saturated heterocycles. The van der Waals surface area contributed by atoms with E-state index >= 15 is 0 Å². The van der Waals surface area contributed by atoms with Crippen LogP contribution in [0.3, 0.4) is 0 Å². The maximum absolute atomic E-state index is 11.5. The van der Waals surface area contributed by atoms with E-state index in [4.69, 9.17) is 14.3 Å². The summed E-state index contributed by atoms with van der Waals surface area (Å²) in [6.45, 7) is 5.10. The molecule has 1 unspecified atom stereocenters. The van der Waals surface area contributed by atoms with Gasteiger partial charge in [-0.3, -0.25) is 0 Å². The zero-order valence-electron chi connectivity index (χ0n) is 14.2. The van der Waals surface area contributed by atoms with Crippen LogP contribution in [0.25, 0.3) is 0 Å². The normalized spacial score (nSPS) is 18.8. The van der Waals surface area contributed by atoms with E-state index in [-0.39, 0.29) is 5.92 Å². The van der Waals surface area contributed by atoms with E-state index in [1.165, 1.54) is 0 Å². The fourth-order valence-electron chi connectivity index (χ4n) is 2.59. The molecule has 1 fully saturated rings. The summed E-state index contributed by atoms with van der Waals surface area (Å²) in [6.07, 6.45) is 1.69. The van der Waals surface area contributed by atoms with Crippen molar-refractivity contribution in [1.82, 2.24) is 0 Å². The number of aliphatic carboxylic acids is 1. The van der Waals surface area contributed by atoms with E-state index in [0.717, 1.165) is 17.7 Å². The molecule has 24 heavy (non-hydrogen) atoms. The van der Waals surface area contributed by atoms with E-state index in [9.17, 15) is 9.90 Å². The van der Waals surface area contributed by atoms with E-state index in [0.29, 0.717) is 32.7 Å². The highest BCUT2D eigenvalue weighted by atomic mass is 16.7. The molecule has 0 bridgehead atoms. The van der Waals surface area contributed by atoms with Crippen LogP contribution in [0.2, 0.25) is 0 Å². The van der Waals surface area contributed by atoms with Crippen LogP contribution >= 0.6 is 0 Å². The second-order valence-corrected chi connectivity index (χ2v) is 6.08. The molecule has 1 atom stereocenters. The average molecular weight is 335 g/mol. The molecule has 1 aliphatic heterocycles. The van der Waals surface area contributed by atoms with E-state index < -0.39 is 11.8 Å². The van der Waals surface area contributed by atoms with Crippen molar-refractivity contribution >= 4 is 11.7 Å². The number of ether oxygens (including phenoxy) is 2. The Morgan fingerprint density at radius 1 is 1.33 bits per heavy atom. The number of oxime groups is 1. The molecule has 132 valence electrons. The number of hydrogen-bond acceptors (Lipinski definition) is 5. The number of hydrogen-bond donors (Lipinski definition) is 1. The van der Waals surface area contributed by atoms with Crippen molar-refractivity contribution in [3.8, 4) is 0 Å². The highest BCUT2D eigenvalue weighted by Crippen LogP contribution is 2.28. The van der Waals surface area contributed by atoms with Gasteiger partial charge in [0.2, 0.25) is 0 Å². The van der Waals surface area contributed by atoms with Gasteiger partial charge in [0.1, 0.15) is 6.61 Å². The Balaban J connectivity index is 1.78. The first-order valence-electron chi connectivity index (χ1n) is 8.27. The van der Waals surface area contributed by atoms with Crippen molar-refractivity contribution in [2.45, 2.75) is 38.9 Å². The fraction of sp³-hybridized carbons (Fsp3) is 0.556. The molecule has 2 rings (SSSR count). The Hall–Kier alpha value is -1.92. The fourth-order valence-corrected chi connectivity index (χ4v) is 2.59. The van der Waals surface area contributed by atoms with Crippen molar-refractivity contribution in [2.75, 3.05) is 19.8 Å². The topological polar surface area (TPSA) is 77.4 Å². The van der Waals surface area contributed by atoms with Crippen molar-refractivity contribution in [3.05, 3.63) is 35.9 Å². The van der Waals surface area contributed by atoms with Crippen LogP contribution < -0.4 is 0 Å². The van der Waals surface area contributed by atoms with Gasteiger partial charge in [-0.2, -0.15) is 0 Å². The van der Waals surface area contributed by atoms with Crippen molar-refractivity contribution in [3.63, 3.8) is 0 Å². The third-order valence-corrected chi connectivity index (χ3v) is 4.00. The standard InChI is InChI=1S/C18H25NO5/c1-14(13-18(17(20)21)22-10-6-11-23-18)9-12-24-19-15(2)16-7-4-3-5-8-16/h3-5,7-8,14H,6,9-13H2,1-2H3,(H,20,21). The third kappa shape index (κ3) is 5.04. The van der Waals surface area contributed by atoms with Gasteiger partial charge in [0, 0.05) is 6.42 Å². The minimum Gasteiger partial charge on any atom is -0.477 e. The van der Waals surface area contributed by atoms with E-state index in [2.05, 4.69) is 5.16 Å². The zero-order valence-corrected chi connectivity index (χ0v) is 14.2. The van der Waals surface area contributed by atoms with Gasteiger partial charge < -0.3 is 19.4 Å². The lowest BCUT2D eigenvalue weighted by molar-refractivity contribution is -0.272. The second-order valence-electron chi connectivity index (χ2n) is 6.08. The Labute approximate surface area is 142 Å². The highest BCUT2D eigenvalue weighted by molar-refractivity contribution is 5.98. The van der Waals surface area contributed by atoms with Crippen LogP contribution in [0.15, 0.2) is 35.5 Å². The SMILES string of the molecule is CC(=NOCCC(C)CC1(C(=O)O)OCCCO1)c1ccccc1. The van der Waals surface area contributed by atoms with Gasteiger partial charge in [-0.25, -0.2) is 4.79 Å². The maximum Gasteiger partial charge on any atom is 0.364 e. The number of carboxylic acid groups (broad SMARTS) is 1. The summed E-state index contributed by atoms with van der Waals surface area (Å²) in [4.78, 5) is 16.8. The lowest BCUT2D eigenvalue weighted by Crippen LogP contribution is -2.49. The third-order valence-electron chi connectivity index (χ3n) is 4.00. The first-order chi connectivity index (χ1) is 11.5. The molecule has 6 nitrogen and oxygen atoms in total. The predicted molar refractivity (Wildman–Crippen MR) is 89.9 cm³/mol. The Morgan fingerprint density at radius 2 is 2.00 bits per heavy atom. The molecule has 1 aromatic carbocycles. The Bertz CT molecular complexity index is 552. The Kier molecular flexibility index (Phi) is 6.75. The van der Waals surface area contributed by atoms with Crippen LogP contribution in [0, 0.1) is 5.92 Å². The summed E-state index contributed by atoms with van der Waals surface area (Å²) in [6, 6.07) is 9.79. The summed E-state index contributed by atoms with van der Waals surface area (Å²) < 4.78 is 10.8. The molecule has 0 amide bonds. The molecule has 1 aromatic rings. The Morgan fingerprint density at radius 3 is 2.62 bits per heavy atom. The lowest BCUT2D eigenvalue weighted by atomic mass is 9.97. The van der Waals surface area contributed by atoms with E-state index in [1.807, 2.05) is 44.2 Å². The summed E-state index contributed by atoms with van der Waals surface area (Å²) in [5, 5.41) is 13.5. The smallest absolute Gasteiger partial charge is 0.364 e. The molecule has 0 radical (unpaired) electrons. The summed E-state index contributed by atoms with van der Waals surface area (Å²) in [5.74, 6) is -2.50. The number of nitrogens with zero attached hydrogens (tertiary/aromatic N) is 1. The van der Waals surface area contributed by atoms with Gasteiger partial charge in [-0.15, -0.1) is 0 Å². The minimum atomic E-state index is -1.51. The van der Waals surface area contributed by atoms with Gasteiger partial charge in [0.05, 0.1) is 18.9 Å². The first kappa shape index (κ1) is 18.4. The zero-order chi connectivity index (χ0) is 17.4. The van der Waals surface area contributed by atoms with Crippen LogP contribution in [0.5, 0.6) is 0 Å². The summed E-state index contributed by atoms with van der Waals surface area (Å²) in [5.41, 5.74) is 1.82. The van der Waals surface area contributed by atoms with Crippen molar-refractivity contribution in [1.29, 1.82) is 0 Å². The quantitative estimate of drug-likeness (QED) is 0.449. The molecular formula is C18H25NO5. The van der Waals surface area contributed by atoms with Crippen LogP contribution in [0.4, 0.5) is 0 Å². The molecule has 1 heterocycles. The van der Waals surface area contributed by atoms with Gasteiger partial charge in [-0.05, 0) is 31.2 Å². The molecule has 0 aromatic heterocycles. The number of benzene rings is 1. The van der Waals surface area contributed by atoms with Gasteiger partial charge in [0.25, 0.3) is 5.79 Å². The van der Waals surface area contributed by atoms with Gasteiger partial charge >= 0.3 is 5.97 Å². The minimum absolute atomic E-state index is 0.0754. The largest absolute Gasteiger partial charge is 0.477 e. The second kappa shape index (κ2) is 8.80. The van der Waals surface area contributed by atoms with Crippen molar-refractivity contribution < 1.29 is 24.2 Å². The number of carboxylic acids is 1. The van der Waals surface area contributed by atoms with Crippen LogP contribution in [-0.4, -0.2) is 42.4 Å². The molecule has 0 aliphatic carbocycles. The van der Waals surface area contributed by atoms with Crippen molar-refractivity contribution in [2.24, 2.45) is 11.1 Å². The van der Waals surface area contributed by atoms with E-state index in [1.54, 1.807) is 0 Å². The van der Waals surface area contributed by atoms with Crippen LogP contribution in [-0.2, 0) is 19.1 Å². The monoisotopic (exact) mass is 335 g/mol. The van der Waals surface area contributed by atoms with Crippen LogP contribution in [0.1, 0.15) is 38.7 Å². The maximum atomic E-state index is 11.5. The molecule has 0 spiro atoms. The summed E-state index contributed by atoms with van der Waals surface area (Å²) in [7, 11) is 0. The molecule has 6 heteroatoms.